The number of likely N-dealkylation sites (tertiary alicyclic amines) is 1. The summed E-state index contributed by atoms with van der Waals surface area (Å²) in [6.07, 6.45) is 12.1. The van der Waals surface area contributed by atoms with Gasteiger partial charge in [0.15, 0.2) is 0 Å². The van der Waals surface area contributed by atoms with Crippen molar-refractivity contribution in [3.8, 4) is 6.07 Å². The Balaban J connectivity index is 2.40. The molecule has 0 atom stereocenters. The van der Waals surface area contributed by atoms with Crippen LogP contribution in [0.5, 0.6) is 0 Å². The van der Waals surface area contributed by atoms with Crippen LogP contribution in [0.2, 0.25) is 0 Å². The maximum absolute atomic E-state index is 8.38. The van der Waals surface area contributed by atoms with Gasteiger partial charge in [-0.3, -0.25) is 4.90 Å². The van der Waals surface area contributed by atoms with Crippen LogP contribution >= 0.6 is 0 Å². The molecule has 0 amide bonds. The first kappa shape index (κ1) is 13.7. The Bertz CT molecular complexity index is 336. The second kappa shape index (κ2) is 7.86. The Labute approximate surface area is 105 Å². The lowest BCUT2D eigenvalue weighted by molar-refractivity contribution is 0.207. The summed E-state index contributed by atoms with van der Waals surface area (Å²) in [7, 11) is 0. The van der Waals surface area contributed by atoms with Gasteiger partial charge in [-0.2, -0.15) is 5.26 Å². The number of piperidine rings is 1. The molecule has 1 heterocycles. The number of nitriles is 1. The molecule has 0 aliphatic carbocycles. The van der Waals surface area contributed by atoms with Crippen LogP contribution in [0.4, 0.5) is 0 Å². The largest absolute Gasteiger partial charge is 0.299 e. The zero-order valence-corrected chi connectivity index (χ0v) is 10.9. The maximum atomic E-state index is 8.38. The SMILES string of the molecule is C\C=C(/C=C\C=C\C#N)CN1CCC(C)CC1. The topological polar surface area (TPSA) is 27.0 Å². The summed E-state index contributed by atoms with van der Waals surface area (Å²) in [4.78, 5) is 2.51. The van der Waals surface area contributed by atoms with Crippen molar-refractivity contribution in [2.45, 2.75) is 26.7 Å². The van der Waals surface area contributed by atoms with E-state index in [1.54, 1.807) is 6.08 Å². The smallest absolute Gasteiger partial charge is 0.0912 e. The van der Waals surface area contributed by atoms with Crippen LogP contribution < -0.4 is 0 Å². The summed E-state index contributed by atoms with van der Waals surface area (Å²) < 4.78 is 0. The molecule has 0 unspecified atom stereocenters. The summed E-state index contributed by atoms with van der Waals surface area (Å²) in [5.74, 6) is 0.884. The third-order valence-corrected chi connectivity index (χ3v) is 3.25. The van der Waals surface area contributed by atoms with E-state index in [0.29, 0.717) is 0 Å². The molecule has 0 aromatic rings. The van der Waals surface area contributed by atoms with Crippen molar-refractivity contribution < 1.29 is 0 Å². The lowest BCUT2D eigenvalue weighted by atomic mass is 9.99. The van der Waals surface area contributed by atoms with Crippen LogP contribution in [0, 0.1) is 17.2 Å². The molecule has 0 saturated carbocycles. The molecule has 1 aliphatic heterocycles. The third-order valence-electron chi connectivity index (χ3n) is 3.25. The van der Waals surface area contributed by atoms with Crippen LogP contribution in [0.1, 0.15) is 26.7 Å². The molecule has 0 bridgehead atoms. The van der Waals surface area contributed by atoms with Gasteiger partial charge in [0, 0.05) is 12.6 Å². The molecule has 1 aliphatic rings. The standard InChI is InChI=1S/C15H22N2/c1-3-15(7-5-4-6-10-16)13-17-11-8-14(2)9-12-17/h3-7,14H,8-9,11-13H2,1-2H3/b6-4+,7-5-,15-3+. The quantitative estimate of drug-likeness (QED) is 0.547. The molecule has 1 saturated heterocycles. The monoisotopic (exact) mass is 230 g/mol. The van der Waals surface area contributed by atoms with E-state index in [-0.39, 0.29) is 0 Å². The number of allylic oxidation sites excluding steroid dienone is 4. The molecule has 0 radical (unpaired) electrons. The van der Waals surface area contributed by atoms with Crippen molar-refractivity contribution in [2.24, 2.45) is 5.92 Å². The lowest BCUT2D eigenvalue weighted by Gasteiger charge is -2.30. The van der Waals surface area contributed by atoms with E-state index in [1.165, 1.54) is 37.6 Å². The Morgan fingerprint density at radius 2 is 2.06 bits per heavy atom. The highest BCUT2D eigenvalue weighted by atomic mass is 15.1. The van der Waals surface area contributed by atoms with Crippen LogP contribution in [0.3, 0.4) is 0 Å². The molecular formula is C15H22N2. The van der Waals surface area contributed by atoms with E-state index in [1.807, 2.05) is 12.1 Å². The Morgan fingerprint density at radius 3 is 2.65 bits per heavy atom. The average molecular weight is 230 g/mol. The highest BCUT2D eigenvalue weighted by molar-refractivity contribution is 5.24. The van der Waals surface area contributed by atoms with Gasteiger partial charge < -0.3 is 0 Å². The number of hydrogen-bond acceptors (Lipinski definition) is 2. The predicted octanol–water partition coefficient (Wildman–Crippen LogP) is 3.30. The molecule has 0 N–H and O–H groups in total. The van der Waals surface area contributed by atoms with Gasteiger partial charge in [0.1, 0.15) is 0 Å². The molecule has 1 rings (SSSR count). The first-order valence-electron chi connectivity index (χ1n) is 6.36. The van der Waals surface area contributed by atoms with E-state index in [0.717, 1.165) is 12.5 Å². The summed E-state index contributed by atoms with van der Waals surface area (Å²) in [5.41, 5.74) is 1.32. The third kappa shape index (κ3) is 5.51. The Morgan fingerprint density at radius 1 is 1.35 bits per heavy atom. The molecule has 2 nitrogen and oxygen atoms in total. The van der Waals surface area contributed by atoms with E-state index >= 15 is 0 Å². The highest BCUT2D eigenvalue weighted by Gasteiger charge is 2.15. The summed E-state index contributed by atoms with van der Waals surface area (Å²) >= 11 is 0. The van der Waals surface area contributed by atoms with E-state index in [2.05, 4.69) is 30.9 Å². The molecule has 0 spiro atoms. The Kier molecular flexibility index (Phi) is 6.35. The fraction of sp³-hybridized carbons (Fsp3) is 0.533. The highest BCUT2D eigenvalue weighted by Crippen LogP contribution is 2.17. The van der Waals surface area contributed by atoms with Crippen LogP contribution in [-0.2, 0) is 0 Å². The number of hydrogen-bond donors (Lipinski definition) is 0. The van der Waals surface area contributed by atoms with Crippen LogP contribution in [0.15, 0.2) is 36.0 Å². The number of nitrogens with zero attached hydrogens (tertiary/aromatic N) is 2. The van der Waals surface area contributed by atoms with Gasteiger partial charge in [-0.1, -0.05) is 31.2 Å². The molecule has 92 valence electrons. The second-order valence-corrected chi connectivity index (χ2v) is 4.67. The predicted molar refractivity (Wildman–Crippen MR) is 72.5 cm³/mol. The van der Waals surface area contributed by atoms with E-state index < -0.39 is 0 Å². The van der Waals surface area contributed by atoms with Gasteiger partial charge >= 0.3 is 0 Å². The second-order valence-electron chi connectivity index (χ2n) is 4.67. The zero-order valence-electron chi connectivity index (χ0n) is 10.9. The van der Waals surface area contributed by atoms with Crippen molar-refractivity contribution in [3.05, 3.63) is 36.0 Å². The summed E-state index contributed by atoms with van der Waals surface area (Å²) in [6.45, 7) is 7.85. The van der Waals surface area contributed by atoms with E-state index in [9.17, 15) is 0 Å². The van der Waals surface area contributed by atoms with Crippen molar-refractivity contribution in [2.75, 3.05) is 19.6 Å². The van der Waals surface area contributed by atoms with Gasteiger partial charge in [0.2, 0.25) is 0 Å². The molecule has 1 fully saturated rings. The minimum Gasteiger partial charge on any atom is -0.299 e. The van der Waals surface area contributed by atoms with Gasteiger partial charge in [0.05, 0.1) is 6.07 Å². The van der Waals surface area contributed by atoms with Gasteiger partial charge in [0.25, 0.3) is 0 Å². The van der Waals surface area contributed by atoms with Crippen molar-refractivity contribution in [3.63, 3.8) is 0 Å². The van der Waals surface area contributed by atoms with E-state index in [4.69, 9.17) is 5.26 Å². The lowest BCUT2D eigenvalue weighted by Crippen LogP contribution is -2.34. The molecule has 2 heteroatoms. The summed E-state index contributed by atoms with van der Waals surface area (Å²) in [5, 5.41) is 8.38. The molecule has 17 heavy (non-hydrogen) atoms. The maximum Gasteiger partial charge on any atom is 0.0912 e. The fourth-order valence-corrected chi connectivity index (χ4v) is 2.00. The zero-order chi connectivity index (χ0) is 12.5. The summed E-state index contributed by atoms with van der Waals surface area (Å²) in [6, 6.07) is 1.98. The van der Waals surface area contributed by atoms with Gasteiger partial charge in [-0.05, 0) is 44.3 Å². The minimum absolute atomic E-state index is 0.884. The first-order valence-corrected chi connectivity index (χ1v) is 6.36. The normalized spacial score (nSPS) is 20.2. The fourth-order valence-electron chi connectivity index (χ4n) is 2.00. The Hall–Kier alpha value is -1.33. The molecule has 0 aromatic carbocycles. The molecular weight excluding hydrogens is 208 g/mol. The van der Waals surface area contributed by atoms with Gasteiger partial charge in [-0.15, -0.1) is 0 Å². The van der Waals surface area contributed by atoms with Gasteiger partial charge in [-0.25, -0.2) is 0 Å². The minimum atomic E-state index is 0.884. The van der Waals surface area contributed by atoms with Crippen LogP contribution in [-0.4, -0.2) is 24.5 Å². The number of rotatable bonds is 4. The molecule has 0 aromatic heterocycles. The van der Waals surface area contributed by atoms with Crippen molar-refractivity contribution in [1.82, 2.24) is 4.90 Å². The average Bonchev–Trinajstić information content (AvgIpc) is 2.35. The van der Waals surface area contributed by atoms with Crippen LogP contribution in [0.25, 0.3) is 0 Å². The van der Waals surface area contributed by atoms with Crippen molar-refractivity contribution >= 4 is 0 Å². The van der Waals surface area contributed by atoms with Crippen molar-refractivity contribution in [1.29, 1.82) is 5.26 Å². The first-order chi connectivity index (χ1) is 8.26.